The molecule has 1 saturated carbocycles. The second kappa shape index (κ2) is 7.35. The first kappa shape index (κ1) is 17.6. The molecule has 0 atom stereocenters. The molecule has 0 bridgehead atoms. The minimum absolute atomic E-state index is 0.112. The summed E-state index contributed by atoms with van der Waals surface area (Å²) in [5.74, 6) is 0.186. The van der Waals surface area contributed by atoms with Crippen LogP contribution in [0.25, 0.3) is 16.8 Å². The molecular formula is C19H23N5O2. The Bertz CT molecular complexity index is 859. The zero-order valence-electron chi connectivity index (χ0n) is 14.9. The van der Waals surface area contributed by atoms with E-state index in [4.69, 9.17) is 16.2 Å². The van der Waals surface area contributed by atoms with Gasteiger partial charge in [0, 0.05) is 41.7 Å². The van der Waals surface area contributed by atoms with Gasteiger partial charge in [-0.05, 0) is 25.0 Å². The summed E-state index contributed by atoms with van der Waals surface area (Å²) in [6.07, 6.45) is 3.64. The number of hydrogen-bond acceptors (Lipinski definition) is 6. The highest BCUT2D eigenvalue weighted by Crippen LogP contribution is 2.36. The van der Waals surface area contributed by atoms with Crippen molar-refractivity contribution in [2.45, 2.75) is 18.9 Å². The molecule has 7 heteroatoms. The van der Waals surface area contributed by atoms with E-state index in [1.165, 1.54) is 0 Å². The maximum Gasteiger partial charge on any atom is 0.269 e. The molecule has 1 aromatic carbocycles. The number of rotatable bonds is 6. The average molecular weight is 353 g/mol. The fraction of sp³-hybridized carbons (Fsp3) is 0.263. The number of amides is 1. The molecule has 0 unspecified atom stereocenters. The Labute approximate surface area is 152 Å². The van der Waals surface area contributed by atoms with E-state index < -0.39 is 0 Å². The summed E-state index contributed by atoms with van der Waals surface area (Å²) in [7, 11) is 3.27. The topological polar surface area (TPSA) is 115 Å². The summed E-state index contributed by atoms with van der Waals surface area (Å²) >= 11 is 0. The van der Waals surface area contributed by atoms with Gasteiger partial charge in [-0.2, -0.15) is 0 Å². The molecule has 1 heterocycles. The van der Waals surface area contributed by atoms with Crippen molar-refractivity contribution in [1.29, 1.82) is 0 Å². The Hall–Kier alpha value is -3.22. The number of ether oxygens (including phenoxy) is 1. The lowest BCUT2D eigenvalue weighted by Crippen LogP contribution is -2.32. The Morgan fingerprint density at radius 1 is 1.23 bits per heavy atom. The van der Waals surface area contributed by atoms with Gasteiger partial charge in [0.05, 0.1) is 12.8 Å². The molecule has 7 nitrogen and oxygen atoms in total. The summed E-state index contributed by atoms with van der Waals surface area (Å²) < 4.78 is 5.33. The van der Waals surface area contributed by atoms with Crippen molar-refractivity contribution < 1.29 is 9.53 Å². The van der Waals surface area contributed by atoms with Gasteiger partial charge in [-0.3, -0.25) is 4.79 Å². The fourth-order valence-electron chi connectivity index (χ4n) is 2.80. The van der Waals surface area contributed by atoms with E-state index in [1.807, 2.05) is 30.3 Å². The lowest BCUT2D eigenvalue weighted by molar-refractivity contribution is -0.117. The largest absolute Gasteiger partial charge is 0.481 e. The number of nitrogens with zero attached hydrogens (tertiary/aromatic N) is 1. The summed E-state index contributed by atoms with van der Waals surface area (Å²) in [5, 5.41) is 5.90. The molecule has 0 spiro atoms. The van der Waals surface area contributed by atoms with Gasteiger partial charge in [0.1, 0.15) is 5.70 Å². The molecule has 1 aliphatic carbocycles. The summed E-state index contributed by atoms with van der Waals surface area (Å²) in [6, 6.07) is 9.49. The van der Waals surface area contributed by atoms with Crippen LogP contribution in [0.1, 0.15) is 18.4 Å². The van der Waals surface area contributed by atoms with Crippen LogP contribution in [0, 0.1) is 0 Å². The maximum absolute atomic E-state index is 12.3. The van der Waals surface area contributed by atoms with Gasteiger partial charge >= 0.3 is 0 Å². The van der Waals surface area contributed by atoms with Gasteiger partial charge in [0.2, 0.25) is 5.88 Å². The second-order valence-electron chi connectivity index (χ2n) is 6.11. The predicted octanol–water partition coefficient (Wildman–Crippen LogP) is 1.46. The van der Waals surface area contributed by atoms with Gasteiger partial charge in [-0.25, -0.2) is 4.98 Å². The van der Waals surface area contributed by atoms with E-state index in [9.17, 15) is 4.79 Å². The van der Waals surface area contributed by atoms with Crippen molar-refractivity contribution in [2.75, 3.05) is 19.9 Å². The molecule has 0 saturated heterocycles. The van der Waals surface area contributed by atoms with E-state index in [0.717, 1.165) is 24.0 Å². The number of methoxy groups -OCH3 is 1. The van der Waals surface area contributed by atoms with Crippen molar-refractivity contribution in [1.82, 2.24) is 15.6 Å². The molecule has 6 N–H and O–H groups in total. The SMILES string of the molecule is CN/C(=C(/N)C(=O)NC1CC1)c1cccc(-c2cccnc2OC)c1N. The number of anilines is 1. The lowest BCUT2D eigenvalue weighted by Gasteiger charge is -2.17. The Balaban J connectivity index is 2.06. The molecule has 1 amide bonds. The number of hydrogen-bond donors (Lipinski definition) is 4. The smallest absolute Gasteiger partial charge is 0.269 e. The minimum atomic E-state index is -0.291. The Morgan fingerprint density at radius 2 is 1.96 bits per heavy atom. The normalized spacial score (nSPS) is 14.4. The maximum atomic E-state index is 12.3. The standard InChI is InChI=1S/C19H23N5O2/c1-22-17(16(21)18(25)24-11-8-9-11)14-6-3-5-12(15(14)20)13-7-4-10-23-19(13)26-2/h3-7,10-11,22H,8-9,20-21H2,1-2H3,(H,24,25)/b17-16+. The Kier molecular flexibility index (Phi) is 4.97. The predicted molar refractivity (Wildman–Crippen MR) is 102 cm³/mol. The molecule has 1 aliphatic rings. The molecule has 2 aromatic rings. The quantitative estimate of drug-likeness (QED) is 0.462. The molecule has 0 radical (unpaired) electrons. The van der Waals surface area contributed by atoms with Crippen LogP contribution in [0.5, 0.6) is 5.88 Å². The summed E-state index contributed by atoms with van der Waals surface area (Å²) in [4.78, 5) is 16.5. The molecule has 3 rings (SSSR count). The van der Waals surface area contributed by atoms with Gasteiger partial charge in [0.15, 0.2) is 0 Å². The number of carbonyl (C=O) groups excluding carboxylic acids is 1. The van der Waals surface area contributed by atoms with Gasteiger partial charge < -0.3 is 26.8 Å². The van der Waals surface area contributed by atoms with Crippen LogP contribution in [0.4, 0.5) is 5.69 Å². The lowest BCUT2D eigenvalue weighted by atomic mass is 9.98. The van der Waals surface area contributed by atoms with Crippen LogP contribution < -0.4 is 26.8 Å². The number of para-hydroxylation sites is 1. The van der Waals surface area contributed by atoms with Crippen molar-refractivity contribution in [3.8, 4) is 17.0 Å². The molecule has 0 aliphatic heterocycles. The average Bonchev–Trinajstić information content (AvgIpc) is 3.47. The van der Waals surface area contributed by atoms with E-state index in [0.29, 0.717) is 22.8 Å². The third-order valence-electron chi connectivity index (χ3n) is 4.31. The van der Waals surface area contributed by atoms with E-state index >= 15 is 0 Å². The van der Waals surface area contributed by atoms with E-state index in [2.05, 4.69) is 15.6 Å². The number of aromatic nitrogens is 1. The molecule has 136 valence electrons. The highest BCUT2D eigenvalue weighted by atomic mass is 16.5. The van der Waals surface area contributed by atoms with Crippen molar-refractivity contribution in [3.63, 3.8) is 0 Å². The second-order valence-corrected chi connectivity index (χ2v) is 6.11. The zero-order valence-corrected chi connectivity index (χ0v) is 14.9. The molecule has 1 aromatic heterocycles. The number of nitrogen functional groups attached to an aromatic ring is 1. The molecular weight excluding hydrogens is 330 g/mol. The highest BCUT2D eigenvalue weighted by molar-refractivity contribution is 6.02. The zero-order chi connectivity index (χ0) is 18.7. The Morgan fingerprint density at radius 3 is 2.62 bits per heavy atom. The monoisotopic (exact) mass is 353 g/mol. The third kappa shape index (κ3) is 3.42. The molecule has 26 heavy (non-hydrogen) atoms. The van der Waals surface area contributed by atoms with Crippen LogP contribution in [0.15, 0.2) is 42.2 Å². The van der Waals surface area contributed by atoms with Crippen molar-refractivity contribution >= 4 is 17.3 Å². The van der Waals surface area contributed by atoms with Gasteiger partial charge in [-0.15, -0.1) is 0 Å². The fourth-order valence-corrected chi connectivity index (χ4v) is 2.80. The number of nitrogens with one attached hydrogen (secondary N) is 2. The van der Waals surface area contributed by atoms with Crippen LogP contribution in [-0.2, 0) is 4.79 Å². The first-order valence-electron chi connectivity index (χ1n) is 8.43. The number of carbonyl (C=O) groups is 1. The van der Waals surface area contributed by atoms with Gasteiger partial charge in [-0.1, -0.05) is 18.2 Å². The number of pyridine rings is 1. The molecule has 1 fully saturated rings. The number of benzene rings is 1. The third-order valence-corrected chi connectivity index (χ3v) is 4.31. The van der Waals surface area contributed by atoms with Crippen molar-refractivity contribution in [2.24, 2.45) is 5.73 Å². The van der Waals surface area contributed by atoms with E-state index in [1.54, 1.807) is 20.4 Å². The minimum Gasteiger partial charge on any atom is -0.481 e. The number of nitrogens with two attached hydrogens (primary N) is 2. The van der Waals surface area contributed by atoms with Crippen LogP contribution in [-0.4, -0.2) is 31.1 Å². The van der Waals surface area contributed by atoms with Crippen LogP contribution >= 0.6 is 0 Å². The van der Waals surface area contributed by atoms with Crippen molar-refractivity contribution in [3.05, 3.63) is 47.8 Å². The van der Waals surface area contributed by atoms with Crippen LogP contribution in [0.2, 0.25) is 0 Å². The van der Waals surface area contributed by atoms with Crippen LogP contribution in [0.3, 0.4) is 0 Å². The highest BCUT2D eigenvalue weighted by Gasteiger charge is 2.26. The van der Waals surface area contributed by atoms with E-state index in [-0.39, 0.29) is 17.6 Å². The van der Waals surface area contributed by atoms with Gasteiger partial charge in [0.25, 0.3) is 5.91 Å². The summed E-state index contributed by atoms with van der Waals surface area (Å²) in [5.41, 5.74) is 15.8. The first-order chi connectivity index (χ1) is 12.6. The first-order valence-corrected chi connectivity index (χ1v) is 8.43. The summed E-state index contributed by atoms with van der Waals surface area (Å²) in [6.45, 7) is 0.